The summed E-state index contributed by atoms with van der Waals surface area (Å²) in [5.74, 6) is 0. The van der Waals surface area contributed by atoms with Crippen molar-refractivity contribution in [3.05, 3.63) is 53.3 Å². The fraction of sp³-hybridized carbons (Fsp3) is 0.333. The van der Waals surface area contributed by atoms with Crippen molar-refractivity contribution in [2.24, 2.45) is 0 Å². The largest absolute Gasteiger partial charge is 0.321 e. The molecule has 17 heavy (non-hydrogen) atoms. The van der Waals surface area contributed by atoms with Crippen molar-refractivity contribution in [1.82, 2.24) is 9.88 Å². The van der Waals surface area contributed by atoms with Crippen molar-refractivity contribution >= 4 is 0 Å². The minimum Gasteiger partial charge on any atom is -0.321 e. The molecule has 1 N–H and O–H groups in total. The number of nitrogens with one attached hydrogen (secondary N) is 1. The van der Waals surface area contributed by atoms with Gasteiger partial charge in [0.05, 0.1) is 0 Å². The van der Waals surface area contributed by atoms with Gasteiger partial charge in [-0.3, -0.25) is 0 Å². The van der Waals surface area contributed by atoms with E-state index in [1.165, 1.54) is 22.5 Å². The summed E-state index contributed by atoms with van der Waals surface area (Å²) >= 11 is 0. The first-order valence-electron chi connectivity index (χ1n) is 6.31. The fourth-order valence-corrected chi connectivity index (χ4v) is 2.59. The molecule has 0 saturated carbocycles. The molecule has 0 amide bonds. The molecule has 2 aromatic rings. The molecule has 0 radical (unpaired) electrons. The standard InChI is InChI=1S/C15H18N2/c1-12-3-2-4-14(11-12)17-10-7-13-5-8-16-9-6-15(13)17/h2-4,7,10-11,16H,5-6,8-9H2,1H3. The van der Waals surface area contributed by atoms with Gasteiger partial charge in [-0.05, 0) is 49.2 Å². The Morgan fingerprint density at radius 3 is 2.88 bits per heavy atom. The normalized spacial score (nSPS) is 15.4. The van der Waals surface area contributed by atoms with Gasteiger partial charge < -0.3 is 9.88 Å². The summed E-state index contributed by atoms with van der Waals surface area (Å²) in [4.78, 5) is 0. The Bertz CT molecular complexity index is 525. The third-order valence-corrected chi connectivity index (χ3v) is 3.48. The maximum Gasteiger partial charge on any atom is 0.0455 e. The van der Waals surface area contributed by atoms with Crippen LogP contribution >= 0.6 is 0 Å². The van der Waals surface area contributed by atoms with Crippen LogP contribution in [0.25, 0.3) is 5.69 Å². The smallest absolute Gasteiger partial charge is 0.0455 e. The Labute approximate surface area is 102 Å². The van der Waals surface area contributed by atoms with Gasteiger partial charge in [0.15, 0.2) is 0 Å². The average molecular weight is 226 g/mol. The molecule has 1 aliphatic rings. The maximum absolute atomic E-state index is 3.46. The van der Waals surface area contributed by atoms with Gasteiger partial charge in [-0.25, -0.2) is 0 Å². The molecule has 2 nitrogen and oxygen atoms in total. The summed E-state index contributed by atoms with van der Waals surface area (Å²) in [5, 5.41) is 3.46. The highest BCUT2D eigenvalue weighted by molar-refractivity contribution is 5.40. The number of benzene rings is 1. The first-order chi connectivity index (χ1) is 8.34. The summed E-state index contributed by atoms with van der Waals surface area (Å²) in [7, 11) is 0. The molecule has 1 aromatic heterocycles. The zero-order valence-corrected chi connectivity index (χ0v) is 10.2. The molecule has 0 bridgehead atoms. The summed E-state index contributed by atoms with van der Waals surface area (Å²) in [5.41, 5.74) is 5.57. The van der Waals surface area contributed by atoms with E-state index in [0.29, 0.717) is 0 Å². The molecular weight excluding hydrogens is 208 g/mol. The molecule has 0 spiro atoms. The number of hydrogen-bond donors (Lipinski definition) is 1. The van der Waals surface area contributed by atoms with E-state index >= 15 is 0 Å². The molecule has 0 unspecified atom stereocenters. The number of rotatable bonds is 1. The predicted molar refractivity (Wildman–Crippen MR) is 70.8 cm³/mol. The molecule has 88 valence electrons. The summed E-state index contributed by atoms with van der Waals surface area (Å²) < 4.78 is 2.34. The summed E-state index contributed by atoms with van der Waals surface area (Å²) in [6.45, 7) is 4.33. The van der Waals surface area contributed by atoms with Gasteiger partial charge in [-0.2, -0.15) is 0 Å². The van der Waals surface area contributed by atoms with E-state index in [1.54, 1.807) is 0 Å². The Kier molecular flexibility index (Phi) is 2.73. The summed E-state index contributed by atoms with van der Waals surface area (Å²) in [6.07, 6.45) is 4.48. The highest BCUT2D eigenvalue weighted by atomic mass is 15.0. The molecule has 1 aliphatic heterocycles. The lowest BCUT2D eigenvalue weighted by Gasteiger charge is -2.10. The maximum atomic E-state index is 3.46. The van der Waals surface area contributed by atoms with Gasteiger partial charge >= 0.3 is 0 Å². The van der Waals surface area contributed by atoms with Crippen molar-refractivity contribution in [2.45, 2.75) is 19.8 Å². The second-order valence-corrected chi connectivity index (χ2v) is 4.75. The molecule has 0 fully saturated rings. The number of aryl methyl sites for hydroxylation is 1. The average Bonchev–Trinajstić information content (AvgIpc) is 2.59. The van der Waals surface area contributed by atoms with E-state index in [1.807, 2.05) is 0 Å². The van der Waals surface area contributed by atoms with Crippen LogP contribution in [-0.4, -0.2) is 17.7 Å². The van der Waals surface area contributed by atoms with Crippen molar-refractivity contribution < 1.29 is 0 Å². The third-order valence-electron chi connectivity index (χ3n) is 3.48. The minimum atomic E-state index is 1.09. The Morgan fingerprint density at radius 1 is 1.12 bits per heavy atom. The van der Waals surface area contributed by atoms with Gasteiger partial charge in [0.2, 0.25) is 0 Å². The monoisotopic (exact) mass is 226 g/mol. The van der Waals surface area contributed by atoms with Crippen LogP contribution in [0.15, 0.2) is 36.5 Å². The third kappa shape index (κ3) is 2.01. The van der Waals surface area contributed by atoms with Crippen LogP contribution < -0.4 is 5.32 Å². The second kappa shape index (κ2) is 4.38. The Morgan fingerprint density at radius 2 is 2.00 bits per heavy atom. The van der Waals surface area contributed by atoms with Crippen molar-refractivity contribution in [3.8, 4) is 5.69 Å². The van der Waals surface area contributed by atoms with Crippen LogP contribution in [0.3, 0.4) is 0 Å². The van der Waals surface area contributed by atoms with E-state index in [0.717, 1.165) is 25.9 Å². The molecule has 0 aliphatic carbocycles. The number of nitrogens with zero attached hydrogens (tertiary/aromatic N) is 1. The number of fused-ring (bicyclic) bond motifs is 1. The first kappa shape index (κ1) is 10.6. The van der Waals surface area contributed by atoms with Crippen LogP contribution in [0.2, 0.25) is 0 Å². The molecular formula is C15H18N2. The lowest BCUT2D eigenvalue weighted by molar-refractivity contribution is 0.702. The molecule has 1 aromatic carbocycles. The molecule has 2 heterocycles. The fourth-order valence-electron chi connectivity index (χ4n) is 2.59. The SMILES string of the molecule is Cc1cccc(-n2ccc3c2CCNCC3)c1. The van der Waals surface area contributed by atoms with Crippen molar-refractivity contribution in [1.29, 1.82) is 0 Å². The number of aromatic nitrogens is 1. The predicted octanol–water partition coefficient (Wildman–Crippen LogP) is 2.47. The lowest BCUT2D eigenvalue weighted by atomic mass is 10.1. The van der Waals surface area contributed by atoms with E-state index in [4.69, 9.17) is 0 Å². The quantitative estimate of drug-likeness (QED) is 0.790. The summed E-state index contributed by atoms with van der Waals surface area (Å²) in [6, 6.07) is 11.0. The van der Waals surface area contributed by atoms with Gasteiger partial charge in [0.1, 0.15) is 0 Å². The number of hydrogen-bond acceptors (Lipinski definition) is 1. The van der Waals surface area contributed by atoms with Crippen LogP contribution in [0, 0.1) is 6.92 Å². The van der Waals surface area contributed by atoms with Crippen LogP contribution in [0.5, 0.6) is 0 Å². The highest BCUT2D eigenvalue weighted by Gasteiger charge is 2.12. The van der Waals surface area contributed by atoms with Gasteiger partial charge in [0.25, 0.3) is 0 Å². The molecule has 2 heteroatoms. The molecule has 0 saturated heterocycles. The van der Waals surface area contributed by atoms with Crippen LogP contribution in [0.1, 0.15) is 16.8 Å². The topological polar surface area (TPSA) is 17.0 Å². The lowest BCUT2D eigenvalue weighted by Crippen LogP contribution is -2.16. The minimum absolute atomic E-state index is 1.09. The van der Waals surface area contributed by atoms with Gasteiger partial charge in [-0.1, -0.05) is 12.1 Å². The molecule has 3 rings (SSSR count). The first-order valence-corrected chi connectivity index (χ1v) is 6.31. The van der Waals surface area contributed by atoms with Gasteiger partial charge in [0, 0.05) is 30.5 Å². The van der Waals surface area contributed by atoms with E-state index < -0.39 is 0 Å². The van der Waals surface area contributed by atoms with Crippen molar-refractivity contribution in [2.75, 3.05) is 13.1 Å². The zero-order valence-electron chi connectivity index (χ0n) is 10.2. The second-order valence-electron chi connectivity index (χ2n) is 4.75. The van der Waals surface area contributed by atoms with Crippen LogP contribution in [0.4, 0.5) is 0 Å². The molecule has 0 atom stereocenters. The highest BCUT2D eigenvalue weighted by Crippen LogP contribution is 2.20. The van der Waals surface area contributed by atoms with E-state index in [9.17, 15) is 0 Å². The Balaban J connectivity index is 2.06. The van der Waals surface area contributed by atoms with E-state index in [-0.39, 0.29) is 0 Å². The van der Waals surface area contributed by atoms with Gasteiger partial charge in [-0.15, -0.1) is 0 Å². The van der Waals surface area contributed by atoms with Crippen molar-refractivity contribution in [3.63, 3.8) is 0 Å². The van der Waals surface area contributed by atoms with Crippen LogP contribution in [-0.2, 0) is 12.8 Å². The Hall–Kier alpha value is -1.54. The zero-order chi connectivity index (χ0) is 11.7. The van der Waals surface area contributed by atoms with E-state index in [2.05, 4.69) is 53.3 Å².